The van der Waals surface area contributed by atoms with Gasteiger partial charge >= 0.3 is 0 Å². The van der Waals surface area contributed by atoms with E-state index in [1.807, 2.05) is 0 Å². The maximum atomic E-state index is 12.2. The van der Waals surface area contributed by atoms with Gasteiger partial charge < -0.3 is 15.4 Å². The zero-order valence-electron chi connectivity index (χ0n) is 11.0. The molecule has 2 aromatic heterocycles. The summed E-state index contributed by atoms with van der Waals surface area (Å²) in [4.78, 5) is 31.7. The molecule has 2 aromatic rings. The van der Waals surface area contributed by atoms with E-state index in [0.717, 1.165) is 12.8 Å². The van der Waals surface area contributed by atoms with Crippen LogP contribution in [-0.4, -0.2) is 34.1 Å². The lowest BCUT2D eigenvalue weighted by Crippen LogP contribution is -2.31. The van der Waals surface area contributed by atoms with Crippen molar-refractivity contribution >= 4 is 27.5 Å². The summed E-state index contributed by atoms with van der Waals surface area (Å²) < 4.78 is 0. The fourth-order valence-electron chi connectivity index (χ4n) is 2.21. The van der Waals surface area contributed by atoms with E-state index < -0.39 is 0 Å². The van der Waals surface area contributed by atoms with E-state index in [2.05, 4.69) is 15.3 Å². The van der Waals surface area contributed by atoms with Crippen molar-refractivity contribution in [2.75, 3.05) is 13.2 Å². The van der Waals surface area contributed by atoms with E-state index in [1.165, 1.54) is 17.7 Å². The molecule has 0 bridgehead atoms. The van der Waals surface area contributed by atoms with E-state index in [-0.39, 0.29) is 23.5 Å². The quantitative estimate of drug-likeness (QED) is 0.777. The Morgan fingerprint density at radius 1 is 1.60 bits per heavy atom. The molecule has 1 fully saturated rings. The smallest absolute Gasteiger partial charge is 0.261 e. The number of nitrogens with zero attached hydrogens (tertiary/aromatic N) is 1. The normalized spacial score (nSPS) is 16.3. The van der Waals surface area contributed by atoms with Gasteiger partial charge in [-0.15, -0.1) is 11.3 Å². The Balaban J connectivity index is 1.86. The first-order valence-corrected chi connectivity index (χ1v) is 7.24. The molecule has 0 saturated heterocycles. The molecule has 1 aliphatic rings. The maximum absolute atomic E-state index is 12.2. The van der Waals surface area contributed by atoms with Crippen LogP contribution in [0.2, 0.25) is 0 Å². The predicted molar refractivity (Wildman–Crippen MR) is 76.1 cm³/mol. The van der Waals surface area contributed by atoms with Crippen LogP contribution in [0.3, 0.4) is 0 Å². The highest BCUT2D eigenvalue weighted by Crippen LogP contribution is 2.44. The van der Waals surface area contributed by atoms with Gasteiger partial charge in [0.1, 0.15) is 4.83 Å². The van der Waals surface area contributed by atoms with Crippen molar-refractivity contribution in [3.05, 3.63) is 27.1 Å². The number of aromatic nitrogens is 2. The molecule has 106 valence electrons. The van der Waals surface area contributed by atoms with Crippen LogP contribution in [0.15, 0.2) is 11.1 Å². The maximum Gasteiger partial charge on any atom is 0.261 e. The van der Waals surface area contributed by atoms with Crippen LogP contribution < -0.4 is 10.9 Å². The molecular weight excluding hydrogens is 278 g/mol. The molecule has 0 unspecified atom stereocenters. The summed E-state index contributed by atoms with van der Waals surface area (Å²) in [7, 11) is 0. The third-order valence-corrected chi connectivity index (χ3v) is 5.05. The first-order chi connectivity index (χ1) is 9.56. The van der Waals surface area contributed by atoms with E-state index in [1.54, 1.807) is 6.92 Å². The van der Waals surface area contributed by atoms with Crippen LogP contribution in [0.1, 0.15) is 28.1 Å². The minimum Gasteiger partial charge on any atom is -0.396 e. The minimum atomic E-state index is -0.225. The first kappa shape index (κ1) is 13.3. The molecule has 0 aromatic carbocycles. The number of nitrogens with one attached hydrogen (secondary N) is 2. The SMILES string of the molecule is Cc1c(C(=O)NCC2(CO)CC2)sc2nc[nH]c(=O)c12. The highest BCUT2D eigenvalue weighted by atomic mass is 32.1. The van der Waals surface area contributed by atoms with Crippen molar-refractivity contribution in [3.63, 3.8) is 0 Å². The van der Waals surface area contributed by atoms with Crippen LogP contribution >= 0.6 is 11.3 Å². The van der Waals surface area contributed by atoms with Gasteiger partial charge in [-0.3, -0.25) is 9.59 Å². The number of hydrogen-bond acceptors (Lipinski definition) is 5. The highest BCUT2D eigenvalue weighted by molar-refractivity contribution is 7.20. The lowest BCUT2D eigenvalue weighted by molar-refractivity contribution is 0.0939. The molecule has 0 atom stereocenters. The summed E-state index contributed by atoms with van der Waals surface area (Å²) in [5, 5.41) is 12.6. The molecule has 3 N–H and O–H groups in total. The molecule has 0 spiro atoms. The summed E-state index contributed by atoms with van der Waals surface area (Å²) in [6, 6.07) is 0. The van der Waals surface area contributed by atoms with Crippen molar-refractivity contribution in [2.45, 2.75) is 19.8 Å². The summed E-state index contributed by atoms with van der Waals surface area (Å²) in [6.45, 7) is 2.32. The van der Waals surface area contributed by atoms with Crippen molar-refractivity contribution in [2.24, 2.45) is 5.41 Å². The van der Waals surface area contributed by atoms with Gasteiger partial charge in [-0.2, -0.15) is 0 Å². The van der Waals surface area contributed by atoms with Crippen LogP contribution in [0.25, 0.3) is 10.2 Å². The van der Waals surface area contributed by atoms with E-state index >= 15 is 0 Å². The van der Waals surface area contributed by atoms with Gasteiger partial charge in [0.05, 0.1) is 23.2 Å². The Labute approximate surface area is 118 Å². The van der Waals surface area contributed by atoms with Gasteiger partial charge in [0.2, 0.25) is 0 Å². The first-order valence-electron chi connectivity index (χ1n) is 6.42. The predicted octanol–water partition coefficient (Wildman–Crippen LogP) is 0.795. The number of amides is 1. The van der Waals surface area contributed by atoms with Crippen LogP contribution in [0.5, 0.6) is 0 Å². The number of carbonyl (C=O) groups is 1. The second kappa shape index (κ2) is 4.68. The number of aliphatic hydroxyl groups is 1. The molecule has 20 heavy (non-hydrogen) atoms. The fraction of sp³-hybridized carbons (Fsp3) is 0.462. The van der Waals surface area contributed by atoms with E-state index in [9.17, 15) is 14.7 Å². The van der Waals surface area contributed by atoms with Crippen molar-refractivity contribution in [3.8, 4) is 0 Å². The number of hydrogen-bond donors (Lipinski definition) is 3. The van der Waals surface area contributed by atoms with E-state index in [4.69, 9.17) is 0 Å². The van der Waals surface area contributed by atoms with Crippen molar-refractivity contribution in [1.82, 2.24) is 15.3 Å². The lowest BCUT2D eigenvalue weighted by atomic mass is 10.1. The number of rotatable bonds is 4. The molecular formula is C13H15N3O3S. The molecule has 6 nitrogen and oxygen atoms in total. The van der Waals surface area contributed by atoms with Gasteiger partial charge in [-0.25, -0.2) is 4.98 Å². The minimum absolute atomic E-state index is 0.0971. The molecule has 0 aliphatic heterocycles. The second-order valence-corrected chi connectivity index (χ2v) is 6.31. The third kappa shape index (κ3) is 2.12. The summed E-state index contributed by atoms with van der Waals surface area (Å²) in [5.74, 6) is -0.204. The standard InChI is InChI=1S/C13H15N3O3S/c1-7-8-10(18)15-6-16-12(8)20-9(7)11(19)14-4-13(5-17)2-3-13/h6,17H,2-5H2,1H3,(H,14,19)(H,15,16,18). The third-order valence-electron chi connectivity index (χ3n) is 3.86. The Bertz CT molecular complexity index is 730. The number of aromatic amines is 1. The van der Waals surface area contributed by atoms with Crippen LogP contribution in [0, 0.1) is 12.3 Å². The number of thiophene rings is 1. The zero-order chi connectivity index (χ0) is 14.3. The Kier molecular flexibility index (Phi) is 3.10. The topological polar surface area (TPSA) is 95.1 Å². The van der Waals surface area contributed by atoms with Gasteiger partial charge in [-0.1, -0.05) is 0 Å². The number of aliphatic hydroxyl groups excluding tert-OH is 1. The number of fused-ring (bicyclic) bond motifs is 1. The van der Waals surface area contributed by atoms with Gasteiger partial charge in [0.25, 0.3) is 11.5 Å². The second-order valence-electron chi connectivity index (χ2n) is 5.31. The van der Waals surface area contributed by atoms with Crippen molar-refractivity contribution in [1.29, 1.82) is 0 Å². The summed E-state index contributed by atoms with van der Waals surface area (Å²) in [6.07, 6.45) is 3.22. The fourth-order valence-corrected chi connectivity index (χ4v) is 3.28. The molecule has 7 heteroatoms. The van der Waals surface area contributed by atoms with Crippen LogP contribution in [-0.2, 0) is 0 Å². The zero-order valence-corrected chi connectivity index (χ0v) is 11.8. The number of carbonyl (C=O) groups excluding carboxylic acids is 1. The van der Waals surface area contributed by atoms with Crippen LogP contribution in [0.4, 0.5) is 0 Å². The van der Waals surface area contributed by atoms with Gasteiger partial charge in [-0.05, 0) is 25.3 Å². The monoisotopic (exact) mass is 293 g/mol. The molecule has 1 saturated carbocycles. The largest absolute Gasteiger partial charge is 0.396 e. The van der Waals surface area contributed by atoms with Gasteiger partial charge in [0.15, 0.2) is 0 Å². The molecule has 2 heterocycles. The number of aryl methyl sites for hydroxylation is 1. The van der Waals surface area contributed by atoms with Crippen molar-refractivity contribution < 1.29 is 9.90 Å². The molecule has 3 rings (SSSR count). The average molecular weight is 293 g/mol. The highest BCUT2D eigenvalue weighted by Gasteiger charge is 2.42. The van der Waals surface area contributed by atoms with E-state index in [0.29, 0.717) is 27.2 Å². The molecule has 1 amide bonds. The Morgan fingerprint density at radius 3 is 2.95 bits per heavy atom. The summed E-state index contributed by atoms with van der Waals surface area (Å²) >= 11 is 1.22. The molecule has 0 radical (unpaired) electrons. The molecule has 1 aliphatic carbocycles. The average Bonchev–Trinajstić information content (AvgIpc) is 3.15. The Morgan fingerprint density at radius 2 is 2.35 bits per heavy atom. The lowest BCUT2D eigenvalue weighted by Gasteiger charge is -2.12. The summed E-state index contributed by atoms with van der Waals surface area (Å²) in [5.41, 5.74) is 0.304. The Hall–Kier alpha value is -1.73. The number of H-pyrrole nitrogens is 1. The van der Waals surface area contributed by atoms with Gasteiger partial charge in [0, 0.05) is 12.0 Å².